The van der Waals surface area contributed by atoms with Crippen LogP contribution in [0.1, 0.15) is 19.3 Å². The number of ether oxygens (including phenoxy) is 1. The van der Waals surface area contributed by atoms with Gasteiger partial charge in [-0.3, -0.25) is 14.3 Å². The van der Waals surface area contributed by atoms with E-state index in [0.29, 0.717) is 13.0 Å². The highest BCUT2D eigenvalue weighted by molar-refractivity contribution is 5.72. The summed E-state index contributed by atoms with van der Waals surface area (Å²) in [5, 5.41) is 12.8. The van der Waals surface area contributed by atoms with Crippen LogP contribution in [0.2, 0.25) is 0 Å². The lowest BCUT2D eigenvalue weighted by molar-refractivity contribution is -0.143. The van der Waals surface area contributed by atoms with E-state index in [1.807, 2.05) is 0 Å². The van der Waals surface area contributed by atoms with Gasteiger partial charge in [-0.1, -0.05) is 0 Å². The van der Waals surface area contributed by atoms with Crippen molar-refractivity contribution in [3.63, 3.8) is 0 Å². The molecule has 6 heteroatoms. The predicted octanol–water partition coefficient (Wildman–Crippen LogP) is 0.927. The monoisotopic (exact) mass is 240 g/mol. The number of aromatic nitrogens is 2. The first-order chi connectivity index (χ1) is 8.11. The normalized spacial score (nSPS) is 12.1. The molecule has 0 saturated heterocycles. The van der Waals surface area contributed by atoms with E-state index in [1.165, 1.54) is 7.11 Å². The van der Waals surface area contributed by atoms with Gasteiger partial charge in [0.25, 0.3) is 0 Å². The number of carbonyl (C=O) groups is 2. The summed E-state index contributed by atoms with van der Waals surface area (Å²) in [4.78, 5) is 21.8. The molecular weight excluding hydrogens is 224 g/mol. The number of rotatable bonds is 7. The van der Waals surface area contributed by atoms with Crippen molar-refractivity contribution in [1.29, 1.82) is 0 Å². The molecule has 1 N–H and O–H groups in total. The summed E-state index contributed by atoms with van der Waals surface area (Å²) in [6, 6.07) is 1.80. The highest BCUT2D eigenvalue weighted by Gasteiger charge is 2.17. The number of carboxylic acid groups (broad SMARTS) is 1. The number of aliphatic carboxylic acids is 1. The van der Waals surface area contributed by atoms with Crippen LogP contribution in [-0.4, -0.2) is 33.9 Å². The van der Waals surface area contributed by atoms with Gasteiger partial charge >= 0.3 is 11.9 Å². The molecule has 1 heterocycles. The van der Waals surface area contributed by atoms with E-state index in [9.17, 15) is 9.59 Å². The minimum absolute atomic E-state index is 0.0314. The summed E-state index contributed by atoms with van der Waals surface area (Å²) in [6.45, 7) is 0.599. The number of methoxy groups -OCH3 is 1. The van der Waals surface area contributed by atoms with Gasteiger partial charge in [-0.05, 0) is 18.4 Å². The molecule has 94 valence electrons. The fourth-order valence-corrected chi connectivity index (χ4v) is 1.59. The molecule has 0 radical (unpaired) electrons. The number of hydrogen-bond donors (Lipinski definition) is 1. The van der Waals surface area contributed by atoms with Crippen LogP contribution in [0.25, 0.3) is 0 Å². The zero-order chi connectivity index (χ0) is 12.7. The summed E-state index contributed by atoms with van der Waals surface area (Å²) in [6.07, 6.45) is 4.14. The Morgan fingerprint density at radius 2 is 2.24 bits per heavy atom. The van der Waals surface area contributed by atoms with Crippen LogP contribution < -0.4 is 0 Å². The second-order valence-electron chi connectivity index (χ2n) is 3.80. The van der Waals surface area contributed by atoms with Crippen LogP contribution in [0, 0.1) is 5.92 Å². The number of carboxylic acids is 1. The molecule has 0 amide bonds. The SMILES string of the molecule is COC(=O)CC(CCn1cccn1)CC(=O)O. The molecule has 0 aliphatic carbocycles. The smallest absolute Gasteiger partial charge is 0.305 e. The van der Waals surface area contributed by atoms with E-state index in [2.05, 4.69) is 9.84 Å². The van der Waals surface area contributed by atoms with Crippen molar-refractivity contribution in [3.8, 4) is 0 Å². The van der Waals surface area contributed by atoms with Crippen molar-refractivity contribution in [3.05, 3.63) is 18.5 Å². The molecule has 0 saturated carbocycles. The summed E-state index contributed by atoms with van der Waals surface area (Å²) < 4.78 is 6.26. The van der Waals surface area contributed by atoms with Gasteiger partial charge < -0.3 is 9.84 Å². The molecule has 0 spiro atoms. The molecule has 17 heavy (non-hydrogen) atoms. The molecule has 6 nitrogen and oxygen atoms in total. The van der Waals surface area contributed by atoms with Gasteiger partial charge in [0.1, 0.15) is 0 Å². The van der Waals surface area contributed by atoms with E-state index in [1.54, 1.807) is 23.1 Å². The van der Waals surface area contributed by atoms with Gasteiger partial charge in [0.05, 0.1) is 7.11 Å². The number of hydrogen-bond acceptors (Lipinski definition) is 4. The lowest BCUT2D eigenvalue weighted by Gasteiger charge is -2.13. The predicted molar refractivity (Wildman–Crippen MR) is 59.2 cm³/mol. The Morgan fingerprint density at radius 1 is 1.47 bits per heavy atom. The maximum Gasteiger partial charge on any atom is 0.305 e. The molecular formula is C11H16N2O4. The van der Waals surface area contributed by atoms with Crippen LogP contribution >= 0.6 is 0 Å². The number of esters is 1. The largest absolute Gasteiger partial charge is 0.481 e. The lowest BCUT2D eigenvalue weighted by Crippen LogP contribution is -2.16. The molecule has 1 unspecified atom stereocenters. The Kier molecular flexibility index (Phi) is 5.19. The van der Waals surface area contributed by atoms with E-state index in [0.717, 1.165) is 0 Å². The molecule has 0 fully saturated rings. The van der Waals surface area contributed by atoms with E-state index >= 15 is 0 Å². The first kappa shape index (κ1) is 13.2. The molecule has 1 aromatic rings. The molecule has 1 atom stereocenters. The molecule has 1 rings (SSSR count). The maximum atomic E-state index is 11.1. The fourth-order valence-electron chi connectivity index (χ4n) is 1.59. The Morgan fingerprint density at radius 3 is 2.76 bits per heavy atom. The standard InChI is InChI=1S/C11H16N2O4/c1-17-11(16)8-9(7-10(14)15)3-6-13-5-2-4-12-13/h2,4-5,9H,3,6-8H2,1H3,(H,14,15). The number of nitrogens with zero attached hydrogens (tertiary/aromatic N) is 2. The van der Waals surface area contributed by atoms with Crippen molar-refractivity contribution >= 4 is 11.9 Å². The first-order valence-electron chi connectivity index (χ1n) is 5.38. The van der Waals surface area contributed by atoms with Gasteiger partial charge in [0.15, 0.2) is 0 Å². The Bertz CT molecular complexity index is 362. The zero-order valence-electron chi connectivity index (χ0n) is 9.70. The van der Waals surface area contributed by atoms with Gasteiger partial charge in [-0.15, -0.1) is 0 Å². The lowest BCUT2D eigenvalue weighted by atomic mass is 9.97. The van der Waals surface area contributed by atoms with Crippen LogP contribution in [0.15, 0.2) is 18.5 Å². The molecule has 0 aliphatic rings. The van der Waals surface area contributed by atoms with E-state index in [-0.39, 0.29) is 24.7 Å². The minimum atomic E-state index is -0.903. The van der Waals surface area contributed by atoms with Gasteiger partial charge in [-0.25, -0.2) is 0 Å². The third-order valence-electron chi connectivity index (χ3n) is 2.47. The summed E-state index contributed by atoms with van der Waals surface area (Å²) in [5.74, 6) is -1.50. The second kappa shape index (κ2) is 6.67. The van der Waals surface area contributed by atoms with Crippen molar-refractivity contribution < 1.29 is 19.4 Å². The first-order valence-corrected chi connectivity index (χ1v) is 5.38. The van der Waals surface area contributed by atoms with Crippen molar-refractivity contribution in [2.24, 2.45) is 5.92 Å². The average Bonchev–Trinajstić information content (AvgIpc) is 2.77. The summed E-state index contributed by atoms with van der Waals surface area (Å²) in [7, 11) is 1.30. The minimum Gasteiger partial charge on any atom is -0.481 e. The van der Waals surface area contributed by atoms with Gasteiger partial charge in [0, 0.05) is 31.8 Å². The van der Waals surface area contributed by atoms with Gasteiger partial charge in [-0.2, -0.15) is 5.10 Å². The molecule has 0 aromatic carbocycles. The molecule has 1 aromatic heterocycles. The topological polar surface area (TPSA) is 81.4 Å². The summed E-state index contributed by atoms with van der Waals surface area (Å²) in [5.41, 5.74) is 0. The molecule has 0 aliphatic heterocycles. The fraction of sp³-hybridized carbons (Fsp3) is 0.545. The zero-order valence-corrected chi connectivity index (χ0v) is 9.70. The third kappa shape index (κ3) is 5.14. The number of carbonyl (C=O) groups excluding carboxylic acids is 1. The maximum absolute atomic E-state index is 11.1. The third-order valence-corrected chi connectivity index (χ3v) is 2.47. The quantitative estimate of drug-likeness (QED) is 0.717. The van der Waals surface area contributed by atoms with Gasteiger partial charge in [0.2, 0.25) is 0 Å². The second-order valence-corrected chi connectivity index (χ2v) is 3.80. The number of aryl methyl sites for hydroxylation is 1. The highest BCUT2D eigenvalue weighted by Crippen LogP contribution is 2.15. The van der Waals surface area contributed by atoms with Crippen molar-refractivity contribution in [1.82, 2.24) is 9.78 Å². The van der Waals surface area contributed by atoms with Crippen LogP contribution in [0.5, 0.6) is 0 Å². The van der Waals surface area contributed by atoms with E-state index in [4.69, 9.17) is 5.11 Å². The van der Waals surface area contributed by atoms with E-state index < -0.39 is 5.97 Å². The van der Waals surface area contributed by atoms with Crippen LogP contribution in [0.3, 0.4) is 0 Å². The Balaban J connectivity index is 2.45. The van der Waals surface area contributed by atoms with Crippen LogP contribution in [0.4, 0.5) is 0 Å². The van der Waals surface area contributed by atoms with Crippen molar-refractivity contribution in [2.45, 2.75) is 25.8 Å². The Labute approximate surface area is 99.2 Å². The average molecular weight is 240 g/mol. The summed E-state index contributed by atoms with van der Waals surface area (Å²) >= 11 is 0. The van der Waals surface area contributed by atoms with Crippen LogP contribution in [-0.2, 0) is 20.9 Å². The van der Waals surface area contributed by atoms with Crippen molar-refractivity contribution in [2.75, 3.05) is 7.11 Å². The Hall–Kier alpha value is -1.85. The highest BCUT2D eigenvalue weighted by atomic mass is 16.5. The molecule has 0 bridgehead atoms.